The first kappa shape index (κ1) is 23.3. The lowest BCUT2D eigenvalue weighted by Crippen LogP contribution is -2.02. The first-order chi connectivity index (χ1) is 15.0. The van der Waals surface area contributed by atoms with Crippen molar-refractivity contribution in [1.82, 2.24) is 9.55 Å². The largest absolute Gasteiger partial charge is 0.496 e. The van der Waals surface area contributed by atoms with Crippen molar-refractivity contribution in [3.05, 3.63) is 79.1 Å². The van der Waals surface area contributed by atoms with Crippen LogP contribution in [0.4, 0.5) is 0 Å². The summed E-state index contributed by atoms with van der Waals surface area (Å²) >= 11 is 0. The van der Waals surface area contributed by atoms with E-state index in [1.165, 1.54) is 19.3 Å². The Balaban J connectivity index is 1.92. The first-order valence-corrected chi connectivity index (χ1v) is 9.51. The first-order valence-electron chi connectivity index (χ1n) is 9.51. The smallest absolute Gasteiger partial charge is 0.163 e. The van der Waals surface area contributed by atoms with E-state index in [1.807, 2.05) is 7.05 Å². The number of methoxy groups -OCH3 is 1. The van der Waals surface area contributed by atoms with E-state index in [0.29, 0.717) is 23.7 Å². The third kappa shape index (κ3) is 8.10. The number of aliphatic imine (C=N–C) groups is 1. The summed E-state index contributed by atoms with van der Waals surface area (Å²) in [5.41, 5.74) is 1.48. The molecule has 7 nitrogen and oxygen atoms in total. The molecule has 160 valence electrons. The molecule has 0 fully saturated rings. The Hall–Kier alpha value is -4.00. The number of ketones is 2. The van der Waals surface area contributed by atoms with Crippen molar-refractivity contribution in [3.63, 3.8) is 0 Å². The fourth-order valence-electron chi connectivity index (χ4n) is 2.45. The number of aromatic nitrogens is 2. The van der Waals surface area contributed by atoms with E-state index in [1.54, 1.807) is 72.0 Å². The van der Waals surface area contributed by atoms with Crippen LogP contribution >= 0.6 is 0 Å². The van der Waals surface area contributed by atoms with E-state index in [2.05, 4.69) is 16.6 Å². The molecule has 0 bridgehead atoms. The molecule has 0 radical (unpaired) electrons. The van der Waals surface area contributed by atoms with Crippen LogP contribution in [-0.2, 0) is 16.6 Å². The minimum atomic E-state index is -0.300. The van der Waals surface area contributed by atoms with E-state index in [-0.39, 0.29) is 18.0 Å². The molecule has 2 aromatic rings. The molecular weight excluding hydrogens is 394 g/mol. The summed E-state index contributed by atoms with van der Waals surface area (Å²) in [5, 5.41) is 0. The SMILES string of the molecule is C=C/C=C\N=CCOc1ccc(/C=C/C(=O)CC(=O)/C=C/c2cncn2C)c(OC)c1. The number of allylic oxidation sites excluding steroid dienone is 4. The van der Waals surface area contributed by atoms with Crippen LogP contribution in [0.15, 0.2) is 72.8 Å². The minimum absolute atomic E-state index is 0.214. The highest BCUT2D eigenvalue weighted by Gasteiger charge is 2.06. The number of ether oxygens (including phenoxy) is 2. The molecule has 0 aliphatic rings. The maximum atomic E-state index is 12.1. The van der Waals surface area contributed by atoms with Gasteiger partial charge in [0.2, 0.25) is 0 Å². The van der Waals surface area contributed by atoms with Crippen LogP contribution in [0.25, 0.3) is 12.2 Å². The number of imidazole rings is 1. The van der Waals surface area contributed by atoms with Crippen molar-refractivity contribution in [1.29, 1.82) is 0 Å². The summed E-state index contributed by atoms with van der Waals surface area (Å²) in [6.45, 7) is 3.86. The van der Waals surface area contributed by atoms with Gasteiger partial charge in [0.15, 0.2) is 11.6 Å². The Kier molecular flexibility index (Phi) is 9.42. The van der Waals surface area contributed by atoms with Crippen molar-refractivity contribution in [2.45, 2.75) is 6.42 Å². The molecule has 1 heterocycles. The molecule has 0 saturated carbocycles. The predicted molar refractivity (Wildman–Crippen MR) is 122 cm³/mol. The molecule has 1 aromatic carbocycles. The minimum Gasteiger partial charge on any atom is -0.496 e. The number of benzene rings is 1. The molecule has 0 unspecified atom stereocenters. The van der Waals surface area contributed by atoms with Crippen LogP contribution in [0.2, 0.25) is 0 Å². The maximum Gasteiger partial charge on any atom is 0.163 e. The number of nitrogens with zero attached hydrogens (tertiary/aromatic N) is 3. The summed E-state index contributed by atoms with van der Waals surface area (Å²) in [6.07, 6.45) is 15.6. The van der Waals surface area contributed by atoms with Gasteiger partial charge in [0, 0.05) is 31.1 Å². The third-order valence-corrected chi connectivity index (χ3v) is 4.03. The molecule has 0 atom stereocenters. The Labute approximate surface area is 181 Å². The Bertz CT molecular complexity index is 1030. The van der Waals surface area contributed by atoms with Gasteiger partial charge >= 0.3 is 0 Å². The highest BCUT2D eigenvalue weighted by atomic mass is 16.5. The van der Waals surface area contributed by atoms with Crippen LogP contribution in [-0.4, -0.2) is 41.0 Å². The summed E-state index contributed by atoms with van der Waals surface area (Å²) in [5.74, 6) is 0.574. The number of aryl methyl sites for hydroxylation is 1. The van der Waals surface area contributed by atoms with Crippen LogP contribution in [0.3, 0.4) is 0 Å². The quantitative estimate of drug-likeness (QED) is 0.226. The lowest BCUT2D eigenvalue weighted by molar-refractivity contribution is -0.121. The summed E-state index contributed by atoms with van der Waals surface area (Å²) in [7, 11) is 3.36. The summed E-state index contributed by atoms with van der Waals surface area (Å²) in [6, 6.07) is 5.26. The normalized spacial score (nSPS) is 11.7. The second-order valence-electron chi connectivity index (χ2n) is 6.33. The Morgan fingerprint density at radius 3 is 2.68 bits per heavy atom. The molecule has 0 amide bonds. The van der Waals surface area contributed by atoms with E-state index in [0.717, 1.165) is 5.69 Å². The fourth-order valence-corrected chi connectivity index (χ4v) is 2.45. The lowest BCUT2D eigenvalue weighted by atomic mass is 10.1. The van der Waals surface area contributed by atoms with Crippen molar-refractivity contribution in [2.75, 3.05) is 13.7 Å². The average molecular weight is 419 g/mol. The Morgan fingerprint density at radius 2 is 2.00 bits per heavy atom. The predicted octanol–water partition coefficient (Wildman–Crippen LogP) is 3.83. The van der Waals surface area contributed by atoms with E-state index < -0.39 is 0 Å². The molecular formula is C24H25N3O4. The highest BCUT2D eigenvalue weighted by molar-refractivity contribution is 6.10. The van der Waals surface area contributed by atoms with Gasteiger partial charge < -0.3 is 14.0 Å². The van der Waals surface area contributed by atoms with Crippen molar-refractivity contribution >= 4 is 29.9 Å². The van der Waals surface area contributed by atoms with Crippen LogP contribution in [0, 0.1) is 0 Å². The number of carbonyl (C=O) groups is 2. The molecule has 2 rings (SSSR count). The molecule has 0 spiro atoms. The number of rotatable bonds is 12. The van der Waals surface area contributed by atoms with Crippen molar-refractivity contribution < 1.29 is 19.1 Å². The van der Waals surface area contributed by atoms with Gasteiger partial charge in [-0.3, -0.25) is 14.6 Å². The number of carbonyl (C=O) groups excluding carboxylic acids is 2. The van der Waals surface area contributed by atoms with Gasteiger partial charge in [-0.2, -0.15) is 0 Å². The lowest BCUT2D eigenvalue weighted by Gasteiger charge is -2.08. The second kappa shape index (κ2) is 12.5. The van der Waals surface area contributed by atoms with Gasteiger partial charge in [0.05, 0.1) is 31.7 Å². The van der Waals surface area contributed by atoms with Gasteiger partial charge in [0.25, 0.3) is 0 Å². The third-order valence-electron chi connectivity index (χ3n) is 4.03. The van der Waals surface area contributed by atoms with Crippen LogP contribution in [0.1, 0.15) is 17.7 Å². The second-order valence-corrected chi connectivity index (χ2v) is 6.33. The van der Waals surface area contributed by atoms with E-state index in [9.17, 15) is 9.59 Å². The molecule has 0 saturated heterocycles. The molecule has 31 heavy (non-hydrogen) atoms. The van der Waals surface area contributed by atoms with Gasteiger partial charge in [-0.25, -0.2) is 4.98 Å². The Morgan fingerprint density at radius 1 is 1.23 bits per heavy atom. The zero-order valence-electron chi connectivity index (χ0n) is 17.6. The van der Waals surface area contributed by atoms with E-state index >= 15 is 0 Å². The molecule has 0 aliphatic carbocycles. The van der Waals surface area contributed by atoms with Crippen LogP contribution in [0.5, 0.6) is 11.5 Å². The molecule has 0 aliphatic heterocycles. The van der Waals surface area contributed by atoms with Gasteiger partial charge in [-0.05, 0) is 42.5 Å². The highest BCUT2D eigenvalue weighted by Crippen LogP contribution is 2.25. The van der Waals surface area contributed by atoms with Gasteiger partial charge in [0.1, 0.15) is 18.1 Å². The average Bonchev–Trinajstić information content (AvgIpc) is 3.18. The molecule has 7 heteroatoms. The molecule has 1 aromatic heterocycles. The maximum absolute atomic E-state index is 12.1. The monoisotopic (exact) mass is 419 g/mol. The zero-order valence-corrected chi connectivity index (χ0v) is 17.6. The van der Waals surface area contributed by atoms with Crippen molar-refractivity contribution in [2.24, 2.45) is 12.0 Å². The van der Waals surface area contributed by atoms with Crippen LogP contribution < -0.4 is 9.47 Å². The number of hydrogen-bond acceptors (Lipinski definition) is 6. The number of hydrogen-bond donors (Lipinski definition) is 0. The van der Waals surface area contributed by atoms with Crippen molar-refractivity contribution in [3.8, 4) is 11.5 Å². The van der Waals surface area contributed by atoms with Gasteiger partial charge in [-0.15, -0.1) is 0 Å². The summed E-state index contributed by atoms with van der Waals surface area (Å²) < 4.78 is 12.7. The van der Waals surface area contributed by atoms with Gasteiger partial charge in [-0.1, -0.05) is 12.7 Å². The zero-order chi connectivity index (χ0) is 22.5. The molecule has 0 N–H and O–H groups in total. The standard InChI is InChI=1S/C24H25N3O4/c1-4-5-12-25-13-14-31-23-11-7-19(24(16-23)30-3)6-9-21(28)15-22(29)10-8-20-17-26-18-27(20)2/h4-13,16-18H,1,14-15H2,2-3H3/b9-6+,10-8+,12-5-,25-13?. The fraction of sp³-hybridized carbons (Fsp3) is 0.167. The van der Waals surface area contributed by atoms with E-state index in [4.69, 9.17) is 9.47 Å². The topological polar surface area (TPSA) is 82.8 Å². The summed E-state index contributed by atoms with van der Waals surface area (Å²) in [4.78, 5) is 32.1.